The van der Waals surface area contributed by atoms with Gasteiger partial charge in [0.15, 0.2) is 0 Å². The van der Waals surface area contributed by atoms with Crippen molar-refractivity contribution in [2.75, 3.05) is 7.05 Å². The van der Waals surface area contributed by atoms with Gasteiger partial charge in [0.05, 0.1) is 18.2 Å². The number of amides is 1. The molecule has 2 heterocycles. The Hall–Kier alpha value is -2.73. The van der Waals surface area contributed by atoms with Gasteiger partial charge in [0, 0.05) is 24.8 Å². The van der Waals surface area contributed by atoms with Crippen LogP contribution in [-0.2, 0) is 17.8 Å². The first-order chi connectivity index (χ1) is 13.0. The van der Waals surface area contributed by atoms with Gasteiger partial charge in [-0.25, -0.2) is 4.98 Å². The summed E-state index contributed by atoms with van der Waals surface area (Å²) in [6.07, 6.45) is 3.80. The summed E-state index contributed by atoms with van der Waals surface area (Å²) in [6, 6.07) is 11.7. The van der Waals surface area contributed by atoms with Crippen LogP contribution in [0.3, 0.4) is 0 Å². The van der Waals surface area contributed by atoms with E-state index in [1.807, 2.05) is 62.7 Å². The Balaban J connectivity index is 1.55. The highest BCUT2D eigenvalue weighted by Crippen LogP contribution is 2.20. The molecule has 1 atom stereocenters. The van der Waals surface area contributed by atoms with E-state index in [9.17, 15) is 4.79 Å². The number of rotatable bonds is 7. The second-order valence-corrected chi connectivity index (χ2v) is 7.42. The van der Waals surface area contributed by atoms with Crippen molar-refractivity contribution in [3.63, 3.8) is 0 Å². The summed E-state index contributed by atoms with van der Waals surface area (Å²) in [7, 11) is 1.81. The van der Waals surface area contributed by atoms with Crippen LogP contribution < -0.4 is 4.74 Å². The zero-order chi connectivity index (χ0) is 19.2. The average Bonchev–Trinajstić information content (AvgIpc) is 3.14. The maximum atomic E-state index is 12.6. The minimum atomic E-state index is -0.0332. The number of aromatic nitrogens is 2. The highest BCUT2D eigenvalue weighted by molar-refractivity contribution is 7.09. The predicted octanol–water partition coefficient (Wildman–Crippen LogP) is 4.19. The highest BCUT2D eigenvalue weighted by Gasteiger charge is 2.19. The van der Waals surface area contributed by atoms with Crippen LogP contribution in [-0.4, -0.2) is 27.8 Å². The molecule has 0 radical (unpaired) electrons. The van der Waals surface area contributed by atoms with E-state index in [2.05, 4.69) is 9.97 Å². The number of nitrogens with zero attached hydrogens (tertiary/aromatic N) is 3. The number of likely N-dealkylation sites (N-methyl/N-ethyl adjacent to an activating group) is 1. The molecule has 0 aliphatic carbocycles. The fourth-order valence-corrected chi connectivity index (χ4v) is 3.32. The average molecular weight is 382 g/mol. The molecule has 5 nitrogen and oxygen atoms in total. The molecule has 0 aliphatic rings. The molecule has 140 valence electrons. The van der Waals surface area contributed by atoms with E-state index in [0.29, 0.717) is 6.61 Å². The maximum Gasteiger partial charge on any atom is 0.228 e. The quantitative estimate of drug-likeness (QED) is 0.616. The molecule has 0 saturated carbocycles. The molecule has 27 heavy (non-hydrogen) atoms. The second-order valence-electron chi connectivity index (χ2n) is 6.48. The number of carbonyl (C=O) groups is 1. The van der Waals surface area contributed by atoms with Crippen molar-refractivity contribution in [1.82, 2.24) is 14.9 Å². The van der Waals surface area contributed by atoms with Crippen LogP contribution in [0, 0.1) is 6.92 Å². The van der Waals surface area contributed by atoms with Gasteiger partial charge in [0.25, 0.3) is 0 Å². The Morgan fingerprint density at radius 1 is 1.26 bits per heavy atom. The third-order valence-electron chi connectivity index (χ3n) is 4.46. The third kappa shape index (κ3) is 5.14. The van der Waals surface area contributed by atoms with Crippen molar-refractivity contribution in [1.29, 1.82) is 0 Å². The Labute approximate surface area is 163 Å². The molecule has 0 fully saturated rings. The van der Waals surface area contributed by atoms with Gasteiger partial charge in [-0.15, -0.1) is 11.3 Å². The van der Waals surface area contributed by atoms with Gasteiger partial charge in [-0.05, 0) is 37.6 Å². The Kier molecular flexibility index (Phi) is 6.19. The molecule has 0 N–H and O–H groups in total. The number of thiazole rings is 1. The number of carbonyl (C=O) groups excluding carboxylic acids is 1. The molecule has 0 bridgehead atoms. The first-order valence-electron chi connectivity index (χ1n) is 8.81. The molecule has 0 aliphatic heterocycles. The molecular weight excluding hydrogens is 358 g/mol. The lowest BCUT2D eigenvalue weighted by atomic mass is 10.1. The number of pyridine rings is 1. The molecule has 2 aromatic heterocycles. The van der Waals surface area contributed by atoms with Gasteiger partial charge in [0.1, 0.15) is 17.4 Å². The zero-order valence-electron chi connectivity index (χ0n) is 15.8. The van der Waals surface area contributed by atoms with Crippen LogP contribution in [0.1, 0.15) is 34.8 Å². The lowest BCUT2D eigenvalue weighted by Gasteiger charge is -2.24. The maximum absolute atomic E-state index is 12.6. The summed E-state index contributed by atoms with van der Waals surface area (Å²) in [6.45, 7) is 4.45. The van der Waals surface area contributed by atoms with Crippen LogP contribution in [0.15, 0.2) is 54.2 Å². The number of hydrogen-bond acceptors (Lipinski definition) is 5. The second kappa shape index (κ2) is 8.77. The lowest BCUT2D eigenvalue weighted by molar-refractivity contribution is -0.131. The molecule has 1 aromatic carbocycles. The van der Waals surface area contributed by atoms with Crippen molar-refractivity contribution in [2.45, 2.75) is 32.9 Å². The minimum absolute atomic E-state index is 0.0302. The Bertz CT molecular complexity index is 878. The van der Waals surface area contributed by atoms with E-state index < -0.39 is 0 Å². The van der Waals surface area contributed by atoms with Crippen LogP contribution in [0.2, 0.25) is 0 Å². The van der Waals surface area contributed by atoms with Crippen LogP contribution in [0.5, 0.6) is 5.75 Å². The minimum Gasteiger partial charge on any atom is -0.486 e. The molecule has 0 spiro atoms. The highest BCUT2D eigenvalue weighted by atomic mass is 32.1. The fraction of sp³-hybridized carbons (Fsp3) is 0.286. The van der Waals surface area contributed by atoms with Crippen molar-refractivity contribution in [3.8, 4) is 5.75 Å². The van der Waals surface area contributed by atoms with Gasteiger partial charge in [-0.3, -0.25) is 9.78 Å². The fourth-order valence-electron chi connectivity index (χ4n) is 2.62. The van der Waals surface area contributed by atoms with Crippen molar-refractivity contribution in [2.24, 2.45) is 0 Å². The van der Waals surface area contributed by atoms with E-state index in [1.54, 1.807) is 17.3 Å². The predicted molar refractivity (Wildman–Crippen MR) is 107 cm³/mol. The first kappa shape index (κ1) is 19.0. The van der Waals surface area contributed by atoms with E-state index in [1.165, 1.54) is 16.9 Å². The lowest BCUT2D eigenvalue weighted by Crippen LogP contribution is -2.31. The van der Waals surface area contributed by atoms with Crippen LogP contribution >= 0.6 is 11.3 Å². The summed E-state index contributed by atoms with van der Waals surface area (Å²) in [5.74, 6) is 0.848. The third-order valence-corrected chi connectivity index (χ3v) is 5.33. The van der Waals surface area contributed by atoms with Crippen LogP contribution in [0.25, 0.3) is 0 Å². The summed E-state index contributed by atoms with van der Waals surface area (Å²) < 4.78 is 5.75. The zero-order valence-corrected chi connectivity index (χ0v) is 16.6. The standard InChI is InChI=1S/C21H23N3O2S/c1-15-6-8-19(9-7-15)26-13-20-23-18(14-27-20)11-21(25)24(3)16(2)17-5-4-10-22-12-17/h4-10,12,14,16H,11,13H2,1-3H3. The summed E-state index contributed by atoms with van der Waals surface area (Å²) in [5, 5.41) is 2.79. The summed E-state index contributed by atoms with van der Waals surface area (Å²) >= 11 is 1.51. The van der Waals surface area contributed by atoms with Gasteiger partial charge >= 0.3 is 0 Å². The molecule has 6 heteroatoms. The van der Waals surface area contributed by atoms with Crippen molar-refractivity contribution < 1.29 is 9.53 Å². The summed E-state index contributed by atoms with van der Waals surface area (Å²) in [5.41, 5.74) is 2.98. The van der Waals surface area contributed by atoms with E-state index in [-0.39, 0.29) is 18.4 Å². The number of benzene rings is 1. The van der Waals surface area contributed by atoms with Gasteiger partial charge < -0.3 is 9.64 Å². The molecular formula is C21H23N3O2S. The van der Waals surface area contributed by atoms with Crippen molar-refractivity contribution >= 4 is 17.2 Å². The van der Waals surface area contributed by atoms with E-state index in [4.69, 9.17) is 4.74 Å². The first-order valence-corrected chi connectivity index (χ1v) is 9.69. The van der Waals surface area contributed by atoms with Crippen molar-refractivity contribution in [3.05, 3.63) is 76.0 Å². The molecule has 1 amide bonds. The molecule has 3 rings (SSSR count). The Morgan fingerprint density at radius 2 is 2.04 bits per heavy atom. The van der Waals surface area contributed by atoms with E-state index in [0.717, 1.165) is 22.0 Å². The number of hydrogen-bond donors (Lipinski definition) is 0. The van der Waals surface area contributed by atoms with Gasteiger partial charge in [-0.1, -0.05) is 23.8 Å². The molecule has 1 unspecified atom stereocenters. The molecule has 3 aromatic rings. The van der Waals surface area contributed by atoms with Crippen LogP contribution in [0.4, 0.5) is 0 Å². The van der Waals surface area contributed by atoms with Gasteiger partial charge in [-0.2, -0.15) is 0 Å². The number of aryl methyl sites for hydroxylation is 1. The molecule has 0 saturated heterocycles. The number of ether oxygens (including phenoxy) is 1. The topological polar surface area (TPSA) is 55.3 Å². The monoisotopic (exact) mass is 381 g/mol. The largest absolute Gasteiger partial charge is 0.486 e. The smallest absolute Gasteiger partial charge is 0.228 e. The normalized spacial score (nSPS) is 11.8. The summed E-state index contributed by atoms with van der Waals surface area (Å²) in [4.78, 5) is 23.0. The SMILES string of the molecule is Cc1ccc(OCc2nc(CC(=O)N(C)C(C)c3cccnc3)cs2)cc1. The Morgan fingerprint density at radius 3 is 2.74 bits per heavy atom. The van der Waals surface area contributed by atoms with E-state index >= 15 is 0 Å². The van der Waals surface area contributed by atoms with Gasteiger partial charge in [0.2, 0.25) is 5.91 Å².